The van der Waals surface area contributed by atoms with E-state index in [9.17, 15) is 4.79 Å². The molecule has 0 saturated carbocycles. The molecule has 0 aromatic carbocycles. The maximum absolute atomic E-state index is 9.25. The molecular formula is C12H24O2. The van der Waals surface area contributed by atoms with Crippen molar-refractivity contribution in [1.82, 2.24) is 0 Å². The van der Waals surface area contributed by atoms with Gasteiger partial charge in [-0.1, -0.05) is 65.4 Å². The van der Waals surface area contributed by atoms with Crippen molar-refractivity contribution in [2.24, 2.45) is 0 Å². The Bertz CT molecular complexity index is 124. The topological polar surface area (TPSA) is 37.3 Å². The summed E-state index contributed by atoms with van der Waals surface area (Å²) >= 11 is 0. The molecule has 84 valence electrons. The Hall–Kier alpha value is -0.790. The highest BCUT2D eigenvalue weighted by atomic mass is 16.4. The number of hydrogen-bond donors (Lipinski definition) is 1. The van der Waals surface area contributed by atoms with E-state index in [-0.39, 0.29) is 0 Å². The fourth-order valence-electron chi connectivity index (χ4n) is 1.03. The van der Waals surface area contributed by atoms with Crippen molar-refractivity contribution in [3.8, 4) is 0 Å². The van der Waals surface area contributed by atoms with Crippen molar-refractivity contribution < 1.29 is 9.90 Å². The lowest BCUT2D eigenvalue weighted by atomic mass is 10.1. The number of carboxylic acids is 1. The van der Waals surface area contributed by atoms with Crippen LogP contribution >= 0.6 is 0 Å². The van der Waals surface area contributed by atoms with Crippen molar-refractivity contribution in [2.75, 3.05) is 0 Å². The molecule has 2 nitrogen and oxygen atoms in total. The van der Waals surface area contributed by atoms with E-state index in [0.717, 1.165) is 6.08 Å². The third-order valence-electron chi connectivity index (χ3n) is 1.88. The normalized spacial score (nSPS) is 8.71. The minimum Gasteiger partial charge on any atom is -0.478 e. The molecule has 0 fully saturated rings. The Morgan fingerprint density at radius 2 is 1.36 bits per heavy atom. The van der Waals surface area contributed by atoms with Crippen molar-refractivity contribution in [1.29, 1.82) is 0 Å². The van der Waals surface area contributed by atoms with Gasteiger partial charge in [-0.05, 0) is 0 Å². The van der Waals surface area contributed by atoms with Crippen molar-refractivity contribution in [3.05, 3.63) is 12.7 Å². The van der Waals surface area contributed by atoms with E-state index in [1.165, 1.54) is 44.9 Å². The summed E-state index contributed by atoms with van der Waals surface area (Å²) in [6.45, 7) is 7.49. The quantitative estimate of drug-likeness (QED) is 0.498. The van der Waals surface area contributed by atoms with Gasteiger partial charge in [0.05, 0.1) is 0 Å². The average molecular weight is 200 g/mol. The van der Waals surface area contributed by atoms with Crippen molar-refractivity contribution >= 4 is 5.97 Å². The Morgan fingerprint density at radius 3 is 1.57 bits per heavy atom. The van der Waals surface area contributed by atoms with Gasteiger partial charge in [0.2, 0.25) is 0 Å². The van der Waals surface area contributed by atoms with Gasteiger partial charge >= 0.3 is 5.97 Å². The lowest BCUT2D eigenvalue weighted by Crippen LogP contribution is -1.82. The van der Waals surface area contributed by atoms with Gasteiger partial charge in [0.25, 0.3) is 0 Å². The van der Waals surface area contributed by atoms with E-state index in [0.29, 0.717) is 0 Å². The zero-order chi connectivity index (χ0) is 11.2. The Morgan fingerprint density at radius 1 is 1.07 bits per heavy atom. The van der Waals surface area contributed by atoms with E-state index in [2.05, 4.69) is 20.4 Å². The summed E-state index contributed by atoms with van der Waals surface area (Å²) in [6.07, 6.45) is 10.8. The highest BCUT2D eigenvalue weighted by molar-refractivity contribution is 5.78. The third-order valence-corrected chi connectivity index (χ3v) is 1.88. The predicted octanol–water partition coefficient (Wildman–Crippen LogP) is 4.01. The number of carbonyl (C=O) groups is 1. The van der Waals surface area contributed by atoms with Gasteiger partial charge in [0.15, 0.2) is 0 Å². The third kappa shape index (κ3) is 22.5. The summed E-state index contributed by atoms with van der Waals surface area (Å²) in [5.41, 5.74) is 0. The van der Waals surface area contributed by atoms with E-state index in [4.69, 9.17) is 5.11 Å². The number of hydrogen-bond acceptors (Lipinski definition) is 1. The number of unbranched alkanes of at least 4 members (excludes halogenated alkanes) is 6. The summed E-state index contributed by atoms with van der Waals surface area (Å²) in [5, 5.41) is 7.60. The second kappa shape index (κ2) is 14.7. The molecule has 0 spiro atoms. The van der Waals surface area contributed by atoms with Crippen LogP contribution in [0.5, 0.6) is 0 Å². The van der Waals surface area contributed by atoms with Crippen LogP contribution in [0.15, 0.2) is 12.7 Å². The largest absolute Gasteiger partial charge is 0.478 e. The van der Waals surface area contributed by atoms with Crippen LogP contribution < -0.4 is 0 Å². The maximum atomic E-state index is 9.25. The fourth-order valence-corrected chi connectivity index (χ4v) is 1.03. The number of rotatable bonds is 7. The molecule has 0 aliphatic rings. The summed E-state index contributed by atoms with van der Waals surface area (Å²) in [4.78, 5) is 9.25. The second-order valence-corrected chi connectivity index (χ2v) is 3.31. The molecule has 0 bridgehead atoms. The van der Waals surface area contributed by atoms with E-state index in [1.54, 1.807) is 0 Å². The fraction of sp³-hybridized carbons (Fsp3) is 0.750. The molecule has 0 rings (SSSR count). The Kier molecular flexibility index (Phi) is 16.5. The van der Waals surface area contributed by atoms with Crippen molar-refractivity contribution in [2.45, 2.75) is 58.8 Å². The molecule has 0 radical (unpaired) electrons. The predicted molar refractivity (Wildman–Crippen MR) is 61.5 cm³/mol. The van der Waals surface area contributed by atoms with Crippen LogP contribution in [0, 0.1) is 0 Å². The van der Waals surface area contributed by atoms with Gasteiger partial charge < -0.3 is 5.11 Å². The summed E-state index contributed by atoms with van der Waals surface area (Å²) in [7, 11) is 0. The maximum Gasteiger partial charge on any atom is 0.327 e. The minimum atomic E-state index is -0.981. The van der Waals surface area contributed by atoms with Crippen LogP contribution in [-0.2, 0) is 4.79 Å². The van der Waals surface area contributed by atoms with Crippen LogP contribution in [0.25, 0.3) is 0 Å². The summed E-state index contributed by atoms with van der Waals surface area (Å²) in [5.74, 6) is -0.981. The van der Waals surface area contributed by atoms with Crippen LogP contribution in [0.1, 0.15) is 58.8 Å². The molecule has 0 heterocycles. The first kappa shape index (κ1) is 15.7. The van der Waals surface area contributed by atoms with Crippen LogP contribution in [-0.4, -0.2) is 11.1 Å². The van der Waals surface area contributed by atoms with E-state index in [1.807, 2.05) is 0 Å². The summed E-state index contributed by atoms with van der Waals surface area (Å²) < 4.78 is 0. The molecule has 0 atom stereocenters. The van der Waals surface area contributed by atoms with Crippen LogP contribution in [0.3, 0.4) is 0 Å². The Labute approximate surface area is 88.0 Å². The first-order chi connectivity index (χ1) is 6.68. The van der Waals surface area contributed by atoms with E-state index < -0.39 is 5.97 Å². The Balaban J connectivity index is 0. The standard InChI is InChI=1S/C9H20.C3H4O2/c1-3-5-7-9-8-6-4-2;1-2-3(4)5/h3-9H2,1-2H3;2H,1H2,(H,4,5). The SMILES string of the molecule is C=CC(=O)O.CCCCCCCCC. The first-order valence-electron chi connectivity index (χ1n) is 5.54. The van der Waals surface area contributed by atoms with Gasteiger partial charge in [0.1, 0.15) is 0 Å². The first-order valence-corrected chi connectivity index (χ1v) is 5.54. The molecule has 0 aromatic heterocycles. The number of aliphatic carboxylic acids is 1. The monoisotopic (exact) mass is 200 g/mol. The number of carboxylic acid groups (broad SMARTS) is 1. The molecule has 2 heteroatoms. The minimum absolute atomic E-state index is 0.833. The van der Waals surface area contributed by atoms with Gasteiger partial charge in [-0.25, -0.2) is 4.79 Å². The molecule has 14 heavy (non-hydrogen) atoms. The van der Waals surface area contributed by atoms with Gasteiger partial charge in [-0.3, -0.25) is 0 Å². The lowest BCUT2D eigenvalue weighted by Gasteiger charge is -1.96. The summed E-state index contributed by atoms with van der Waals surface area (Å²) in [6, 6.07) is 0. The van der Waals surface area contributed by atoms with Crippen molar-refractivity contribution in [3.63, 3.8) is 0 Å². The lowest BCUT2D eigenvalue weighted by molar-refractivity contribution is -0.131. The zero-order valence-corrected chi connectivity index (χ0v) is 9.59. The smallest absolute Gasteiger partial charge is 0.327 e. The molecule has 0 unspecified atom stereocenters. The average Bonchev–Trinajstić information content (AvgIpc) is 2.19. The van der Waals surface area contributed by atoms with Gasteiger partial charge in [-0.15, -0.1) is 0 Å². The van der Waals surface area contributed by atoms with E-state index >= 15 is 0 Å². The van der Waals surface area contributed by atoms with Gasteiger partial charge in [0, 0.05) is 6.08 Å². The molecule has 0 aliphatic carbocycles. The van der Waals surface area contributed by atoms with Crippen LogP contribution in [0.2, 0.25) is 0 Å². The highest BCUT2D eigenvalue weighted by Crippen LogP contribution is 2.05. The second-order valence-electron chi connectivity index (χ2n) is 3.31. The van der Waals surface area contributed by atoms with Gasteiger partial charge in [-0.2, -0.15) is 0 Å². The molecule has 0 amide bonds. The zero-order valence-electron chi connectivity index (χ0n) is 9.59. The molecule has 0 saturated heterocycles. The van der Waals surface area contributed by atoms with Crippen LogP contribution in [0.4, 0.5) is 0 Å². The highest BCUT2D eigenvalue weighted by Gasteiger charge is 1.85. The molecular weight excluding hydrogens is 176 g/mol. The molecule has 0 aromatic rings. The molecule has 1 N–H and O–H groups in total. The molecule has 0 aliphatic heterocycles.